The number of rotatable bonds is 8. The van der Waals surface area contributed by atoms with Gasteiger partial charge in [0.25, 0.3) is 5.91 Å². The lowest BCUT2D eigenvalue weighted by Gasteiger charge is -2.37. The summed E-state index contributed by atoms with van der Waals surface area (Å²) in [5, 5.41) is 9.36. The molecule has 1 aromatic heterocycles. The van der Waals surface area contributed by atoms with Gasteiger partial charge in [0.05, 0.1) is 13.3 Å². The van der Waals surface area contributed by atoms with Gasteiger partial charge in [-0.05, 0) is 62.4 Å². The molecule has 0 unspecified atom stereocenters. The van der Waals surface area contributed by atoms with E-state index in [4.69, 9.17) is 9.47 Å². The molecule has 36 heavy (non-hydrogen) atoms. The molecule has 0 spiro atoms. The molecule has 190 valence electrons. The number of halogens is 1. The second-order valence-corrected chi connectivity index (χ2v) is 8.94. The average Bonchev–Trinajstić information content (AvgIpc) is 2.88. The first-order chi connectivity index (χ1) is 17.4. The number of carbonyl (C=O) groups is 1. The number of piperazine rings is 1. The predicted octanol–water partition coefficient (Wildman–Crippen LogP) is 4.10. The Balaban J connectivity index is 1.37. The van der Waals surface area contributed by atoms with Crippen molar-refractivity contribution in [1.29, 1.82) is 0 Å². The number of methoxy groups -OCH3 is 1. The zero-order valence-corrected chi connectivity index (χ0v) is 21.0. The van der Waals surface area contributed by atoms with Crippen molar-refractivity contribution in [2.45, 2.75) is 32.5 Å². The van der Waals surface area contributed by atoms with Crippen molar-refractivity contribution >= 4 is 23.1 Å². The second-order valence-electron chi connectivity index (χ2n) is 8.94. The van der Waals surface area contributed by atoms with Crippen molar-refractivity contribution in [3.8, 4) is 11.5 Å². The Bertz CT molecular complexity index is 1180. The lowest BCUT2D eigenvalue weighted by atomic mass is 10.1. The fourth-order valence-corrected chi connectivity index (χ4v) is 4.33. The van der Waals surface area contributed by atoms with Gasteiger partial charge in [-0.25, -0.2) is 9.37 Å². The highest BCUT2D eigenvalue weighted by molar-refractivity contribution is 5.94. The average molecular weight is 494 g/mol. The van der Waals surface area contributed by atoms with Crippen LogP contribution in [-0.2, 0) is 6.61 Å². The molecule has 4 rings (SSSR count). The fourth-order valence-electron chi connectivity index (χ4n) is 4.33. The lowest BCUT2D eigenvalue weighted by Crippen LogP contribution is -2.54. The first kappa shape index (κ1) is 25.2. The van der Waals surface area contributed by atoms with Crippen LogP contribution in [0.4, 0.5) is 21.6 Å². The minimum Gasteiger partial charge on any atom is -0.494 e. The molecule has 1 aliphatic rings. The van der Waals surface area contributed by atoms with E-state index in [9.17, 15) is 9.18 Å². The number of anilines is 3. The van der Waals surface area contributed by atoms with Crippen molar-refractivity contribution in [2.75, 3.05) is 37.5 Å². The molecule has 1 amide bonds. The van der Waals surface area contributed by atoms with Gasteiger partial charge in [0.1, 0.15) is 18.2 Å². The van der Waals surface area contributed by atoms with Crippen LogP contribution in [0, 0.1) is 5.82 Å². The number of carbonyl (C=O) groups excluding carboxylic acids is 1. The zero-order chi connectivity index (χ0) is 25.7. The van der Waals surface area contributed by atoms with Crippen molar-refractivity contribution in [3.05, 3.63) is 71.7 Å². The number of aromatic nitrogens is 1. The van der Waals surface area contributed by atoms with Gasteiger partial charge in [-0.2, -0.15) is 0 Å². The van der Waals surface area contributed by atoms with Crippen LogP contribution in [0.1, 0.15) is 29.8 Å². The first-order valence-electron chi connectivity index (χ1n) is 11.9. The van der Waals surface area contributed by atoms with Gasteiger partial charge in [0.15, 0.2) is 11.6 Å². The maximum Gasteiger partial charge on any atom is 0.251 e. The number of nitrogens with one attached hydrogen (secondary N) is 3. The van der Waals surface area contributed by atoms with E-state index in [2.05, 4.69) is 51.8 Å². The number of hydrogen-bond acceptors (Lipinski definition) is 7. The maximum absolute atomic E-state index is 14.6. The van der Waals surface area contributed by atoms with E-state index in [1.807, 2.05) is 12.1 Å². The first-order valence-corrected chi connectivity index (χ1v) is 11.9. The zero-order valence-electron chi connectivity index (χ0n) is 21.0. The molecular weight excluding hydrogens is 461 g/mol. The van der Waals surface area contributed by atoms with E-state index in [0.29, 0.717) is 29.2 Å². The molecule has 1 aliphatic heterocycles. The summed E-state index contributed by atoms with van der Waals surface area (Å²) in [6.07, 6.45) is 1.57. The lowest BCUT2D eigenvalue weighted by molar-refractivity contribution is 0.0962. The summed E-state index contributed by atoms with van der Waals surface area (Å²) in [6, 6.07) is 15.6. The van der Waals surface area contributed by atoms with Crippen LogP contribution < -0.4 is 30.3 Å². The third kappa shape index (κ3) is 6.04. The summed E-state index contributed by atoms with van der Waals surface area (Å²) in [4.78, 5) is 18.8. The summed E-state index contributed by atoms with van der Waals surface area (Å²) in [5.41, 5.74) is 2.63. The Labute approximate surface area is 210 Å². The van der Waals surface area contributed by atoms with Gasteiger partial charge < -0.3 is 30.3 Å². The quantitative estimate of drug-likeness (QED) is 0.436. The molecule has 3 N–H and O–H groups in total. The molecule has 0 aliphatic carbocycles. The molecule has 0 saturated carbocycles. The molecular formula is C27H32FN5O3. The fraction of sp³-hybridized carbons (Fsp3) is 0.333. The molecule has 0 radical (unpaired) electrons. The highest BCUT2D eigenvalue weighted by Crippen LogP contribution is 2.26. The van der Waals surface area contributed by atoms with Crippen molar-refractivity contribution in [2.24, 2.45) is 0 Å². The SMILES string of the molecule is CNC(=O)c1cc(COc2ccc(Nc3ccc(N4C[C@@H](C)N[C@@H](C)C4)cc3)nc2)c(F)c(OC)c1. The van der Waals surface area contributed by atoms with Crippen molar-refractivity contribution < 1.29 is 18.7 Å². The van der Waals surface area contributed by atoms with E-state index in [1.165, 1.54) is 32.0 Å². The Morgan fingerprint density at radius 1 is 1.14 bits per heavy atom. The summed E-state index contributed by atoms with van der Waals surface area (Å²) in [6.45, 7) is 6.28. The molecule has 8 nitrogen and oxygen atoms in total. The normalized spacial score (nSPS) is 17.4. The van der Waals surface area contributed by atoms with Crippen LogP contribution in [0.15, 0.2) is 54.7 Å². The third-order valence-corrected chi connectivity index (χ3v) is 6.02. The summed E-state index contributed by atoms with van der Waals surface area (Å²) in [5.74, 6) is 0.219. The molecule has 1 saturated heterocycles. The van der Waals surface area contributed by atoms with Crippen LogP contribution >= 0.6 is 0 Å². The van der Waals surface area contributed by atoms with E-state index >= 15 is 0 Å². The second kappa shape index (κ2) is 11.3. The Kier molecular flexibility index (Phi) is 7.90. The minimum absolute atomic E-state index is 0.0145. The summed E-state index contributed by atoms with van der Waals surface area (Å²) < 4.78 is 25.4. The largest absolute Gasteiger partial charge is 0.494 e. The van der Waals surface area contributed by atoms with Crippen LogP contribution in [0.2, 0.25) is 0 Å². The van der Waals surface area contributed by atoms with Gasteiger partial charge >= 0.3 is 0 Å². The number of ether oxygens (including phenoxy) is 2. The third-order valence-electron chi connectivity index (χ3n) is 6.02. The molecule has 2 aromatic carbocycles. The molecule has 3 aromatic rings. The maximum atomic E-state index is 14.6. The number of nitrogens with zero attached hydrogens (tertiary/aromatic N) is 2. The van der Waals surface area contributed by atoms with Crippen LogP contribution in [0.3, 0.4) is 0 Å². The minimum atomic E-state index is -0.565. The standard InChI is InChI=1S/C27H32FN5O3/c1-17-14-33(15-18(2)31-17)22-7-5-21(6-8-22)32-25-10-9-23(13-30-25)36-16-20-11-19(27(34)29-3)12-24(35-4)26(20)28/h5-13,17-18,31H,14-16H2,1-4H3,(H,29,34)(H,30,32)/t17-,18+. The molecule has 1 fully saturated rings. The molecule has 9 heteroatoms. The monoisotopic (exact) mass is 493 g/mol. The number of benzene rings is 2. The molecule has 0 bridgehead atoms. The van der Waals surface area contributed by atoms with Gasteiger partial charge in [-0.15, -0.1) is 0 Å². The number of amides is 1. The molecule has 2 atom stereocenters. The topological polar surface area (TPSA) is 87.8 Å². The predicted molar refractivity (Wildman–Crippen MR) is 139 cm³/mol. The van der Waals surface area contributed by atoms with Gasteiger partial charge in [0, 0.05) is 54.7 Å². The van der Waals surface area contributed by atoms with Gasteiger partial charge in [-0.3, -0.25) is 4.79 Å². The Morgan fingerprint density at radius 3 is 2.47 bits per heavy atom. The van der Waals surface area contributed by atoms with E-state index in [-0.39, 0.29) is 23.8 Å². The van der Waals surface area contributed by atoms with Crippen LogP contribution in [-0.4, -0.2) is 50.2 Å². The molecule has 2 heterocycles. The van der Waals surface area contributed by atoms with E-state index < -0.39 is 5.82 Å². The summed E-state index contributed by atoms with van der Waals surface area (Å²) >= 11 is 0. The smallest absolute Gasteiger partial charge is 0.251 e. The van der Waals surface area contributed by atoms with E-state index in [0.717, 1.165) is 18.8 Å². The van der Waals surface area contributed by atoms with Gasteiger partial charge in [0.2, 0.25) is 0 Å². The van der Waals surface area contributed by atoms with Gasteiger partial charge in [-0.1, -0.05) is 0 Å². The van der Waals surface area contributed by atoms with Crippen LogP contribution in [0.25, 0.3) is 0 Å². The highest BCUT2D eigenvalue weighted by Gasteiger charge is 2.21. The van der Waals surface area contributed by atoms with Crippen molar-refractivity contribution in [1.82, 2.24) is 15.6 Å². The number of pyridine rings is 1. The summed E-state index contributed by atoms with van der Waals surface area (Å²) in [7, 11) is 2.86. The van der Waals surface area contributed by atoms with E-state index in [1.54, 1.807) is 18.3 Å². The Morgan fingerprint density at radius 2 is 1.86 bits per heavy atom. The van der Waals surface area contributed by atoms with Crippen LogP contribution in [0.5, 0.6) is 11.5 Å². The Hall–Kier alpha value is -3.85. The van der Waals surface area contributed by atoms with Crippen molar-refractivity contribution in [3.63, 3.8) is 0 Å². The highest BCUT2D eigenvalue weighted by atomic mass is 19.1. The number of hydrogen-bond donors (Lipinski definition) is 3.